The molecular weight excluding hydrogens is 525 g/mol. The van der Waals surface area contributed by atoms with E-state index in [2.05, 4.69) is 25.8 Å². The number of rotatable bonds is 8. The van der Waals surface area contributed by atoms with E-state index in [9.17, 15) is 24.3 Å². The highest BCUT2D eigenvalue weighted by Gasteiger charge is 2.54. The average molecular weight is 543 g/mol. The molecule has 0 aliphatic carbocycles. The number of thiazole rings is 1. The van der Waals surface area contributed by atoms with Gasteiger partial charge in [-0.2, -0.15) is 0 Å². The van der Waals surface area contributed by atoms with Crippen molar-refractivity contribution in [1.29, 1.82) is 0 Å². The second kappa shape index (κ2) is 9.77. The number of hydrogen-bond donors (Lipinski definition) is 5. The van der Waals surface area contributed by atoms with Crippen LogP contribution in [0.4, 0.5) is 9.93 Å². The third-order valence-corrected chi connectivity index (χ3v) is 8.90. The molecule has 3 atom stereocenters. The van der Waals surface area contributed by atoms with Gasteiger partial charge in [-0.15, -0.1) is 33.3 Å². The molecule has 1 fully saturated rings. The predicted molar refractivity (Wildman–Crippen MR) is 127 cm³/mol. The maximum absolute atomic E-state index is 12.9. The number of urea groups is 1. The first kappa shape index (κ1) is 24.2. The topological polar surface area (TPSA) is 207 Å². The van der Waals surface area contributed by atoms with Gasteiger partial charge < -0.3 is 27.2 Å². The fourth-order valence-electron chi connectivity index (χ4n) is 3.37. The molecule has 2 aliphatic rings. The van der Waals surface area contributed by atoms with Gasteiger partial charge in [0.1, 0.15) is 22.1 Å². The Labute approximate surface area is 208 Å². The van der Waals surface area contributed by atoms with Gasteiger partial charge >= 0.3 is 12.0 Å². The highest BCUT2D eigenvalue weighted by Crippen LogP contribution is 2.42. The van der Waals surface area contributed by atoms with E-state index in [4.69, 9.17) is 11.5 Å². The van der Waals surface area contributed by atoms with E-state index in [1.807, 2.05) is 6.92 Å². The molecule has 7 N–H and O–H groups in total. The smallest absolute Gasteiger partial charge is 0.352 e. The van der Waals surface area contributed by atoms with Crippen LogP contribution in [0.15, 0.2) is 21.0 Å². The monoisotopic (exact) mass is 542 g/mol. The molecule has 0 saturated carbocycles. The van der Waals surface area contributed by atoms with Gasteiger partial charge in [0.15, 0.2) is 15.5 Å². The Morgan fingerprint density at radius 2 is 2.15 bits per heavy atom. The lowest BCUT2D eigenvalue weighted by Crippen LogP contribution is -2.71. The Balaban J connectivity index is 1.48. The molecule has 180 valence electrons. The second-order valence-corrected chi connectivity index (χ2v) is 11.5. The van der Waals surface area contributed by atoms with Crippen LogP contribution >= 0.6 is 46.2 Å². The number of hydrogen-bond acceptors (Lipinski definition) is 12. The van der Waals surface area contributed by atoms with E-state index in [0.717, 1.165) is 16.3 Å². The summed E-state index contributed by atoms with van der Waals surface area (Å²) in [6, 6.07) is -3.18. The van der Waals surface area contributed by atoms with E-state index >= 15 is 0 Å². The molecule has 2 aromatic rings. The zero-order valence-electron chi connectivity index (χ0n) is 17.4. The van der Waals surface area contributed by atoms with Gasteiger partial charge in [0.05, 0.1) is 5.69 Å². The molecule has 0 bridgehead atoms. The number of nitrogens with zero attached hydrogens (tertiary/aromatic N) is 4. The summed E-state index contributed by atoms with van der Waals surface area (Å²) in [7, 11) is 0. The third-order valence-electron chi connectivity index (χ3n) is 4.81. The molecule has 4 rings (SSSR count). The van der Waals surface area contributed by atoms with Crippen LogP contribution in [0.3, 0.4) is 0 Å². The fourth-order valence-corrected chi connectivity index (χ4v) is 7.25. The molecule has 34 heavy (non-hydrogen) atoms. The molecule has 1 unspecified atom stereocenters. The number of amides is 4. The molecule has 0 radical (unpaired) electrons. The zero-order chi connectivity index (χ0) is 24.6. The molecule has 17 heteroatoms. The number of carbonyl (C=O) groups excluding carboxylic acids is 3. The highest BCUT2D eigenvalue weighted by molar-refractivity contribution is 8.01. The summed E-state index contributed by atoms with van der Waals surface area (Å²) in [4.78, 5) is 54.3. The van der Waals surface area contributed by atoms with Crippen molar-refractivity contribution in [2.45, 2.75) is 28.7 Å². The average Bonchev–Trinajstić information content (AvgIpc) is 3.40. The Morgan fingerprint density at radius 3 is 2.74 bits per heavy atom. The number of nitrogens with two attached hydrogens (primary N) is 2. The number of aliphatic carboxylic acids is 1. The summed E-state index contributed by atoms with van der Waals surface area (Å²) in [5, 5.41) is 24.5. The van der Waals surface area contributed by atoms with Crippen LogP contribution in [0.1, 0.15) is 16.7 Å². The van der Waals surface area contributed by atoms with Crippen molar-refractivity contribution in [2.24, 2.45) is 5.73 Å². The van der Waals surface area contributed by atoms with Gasteiger partial charge in [0, 0.05) is 16.9 Å². The van der Waals surface area contributed by atoms with E-state index in [-0.39, 0.29) is 16.5 Å². The highest BCUT2D eigenvalue weighted by atomic mass is 32.2. The first-order chi connectivity index (χ1) is 16.2. The van der Waals surface area contributed by atoms with E-state index in [1.165, 1.54) is 45.1 Å². The standard InChI is InChI=1S/C17H18N8O5S4/c1-5-23-24-17(34-5)33-3-6-2-31-13-9(12(27)25(13)10(6)14(28)29)21-11(26)8(22-15(18)30)7-4-32-16(19)20-7/h4,8-9,13H,2-3H2,1H3,(H2,19,20)(H,21,26)(H,28,29)(H3,18,22,30)/t8?,9-,13-/m1/s1. The van der Waals surface area contributed by atoms with Crippen LogP contribution in [0, 0.1) is 6.92 Å². The lowest BCUT2D eigenvalue weighted by molar-refractivity contribution is -0.151. The minimum atomic E-state index is -1.25. The van der Waals surface area contributed by atoms with Crippen molar-refractivity contribution < 1.29 is 24.3 Å². The van der Waals surface area contributed by atoms with Crippen molar-refractivity contribution in [1.82, 2.24) is 30.7 Å². The summed E-state index contributed by atoms with van der Waals surface area (Å²) in [5.74, 6) is -1.80. The number of nitrogen functional groups attached to an aromatic ring is 1. The number of nitrogens with one attached hydrogen (secondary N) is 2. The number of carboxylic acids is 1. The number of carbonyl (C=O) groups is 4. The molecule has 4 amide bonds. The van der Waals surface area contributed by atoms with Crippen LogP contribution in [0.5, 0.6) is 0 Å². The van der Waals surface area contributed by atoms with Crippen molar-refractivity contribution in [3.63, 3.8) is 0 Å². The predicted octanol–water partition coefficient (Wildman–Crippen LogP) is 0.126. The quantitative estimate of drug-likeness (QED) is 0.224. The van der Waals surface area contributed by atoms with E-state index in [0.29, 0.717) is 21.4 Å². The first-order valence-corrected chi connectivity index (χ1v) is 13.3. The van der Waals surface area contributed by atoms with Crippen molar-refractivity contribution in [3.8, 4) is 0 Å². The number of aryl methyl sites for hydroxylation is 1. The largest absolute Gasteiger partial charge is 0.477 e. The molecule has 2 aliphatic heterocycles. The van der Waals surface area contributed by atoms with Crippen LogP contribution in [-0.2, 0) is 14.4 Å². The Morgan fingerprint density at radius 1 is 1.38 bits per heavy atom. The van der Waals surface area contributed by atoms with E-state index in [1.54, 1.807) is 0 Å². The third kappa shape index (κ3) is 4.82. The van der Waals surface area contributed by atoms with Gasteiger partial charge in [-0.1, -0.05) is 23.1 Å². The van der Waals surface area contributed by atoms with Gasteiger partial charge in [0.2, 0.25) is 5.91 Å². The van der Waals surface area contributed by atoms with E-state index < -0.39 is 41.3 Å². The lowest BCUT2D eigenvalue weighted by atomic mass is 10.0. The molecule has 13 nitrogen and oxygen atoms in total. The van der Waals surface area contributed by atoms with Gasteiger partial charge in [-0.25, -0.2) is 14.6 Å². The molecular formula is C17H18N8O5S4. The van der Waals surface area contributed by atoms with Crippen LogP contribution < -0.4 is 22.1 Å². The second-order valence-electron chi connectivity index (χ2n) is 7.08. The Bertz CT molecular complexity index is 1200. The van der Waals surface area contributed by atoms with Crippen molar-refractivity contribution >= 4 is 75.1 Å². The number of aromatic nitrogens is 3. The van der Waals surface area contributed by atoms with Gasteiger partial charge in [0.25, 0.3) is 5.91 Å². The fraction of sp³-hybridized carbons (Fsp3) is 0.353. The Kier molecular flexibility index (Phi) is 6.96. The summed E-state index contributed by atoms with van der Waals surface area (Å²) in [6.45, 7) is 1.82. The minimum Gasteiger partial charge on any atom is -0.477 e. The number of primary amides is 1. The number of fused-ring (bicyclic) bond motifs is 1. The van der Waals surface area contributed by atoms with Crippen LogP contribution in [0.2, 0.25) is 0 Å². The number of β-lactam (4-membered cyclic amide) rings is 1. The molecule has 4 heterocycles. The summed E-state index contributed by atoms with van der Waals surface area (Å²) in [5.41, 5.74) is 11.5. The number of anilines is 1. The zero-order valence-corrected chi connectivity index (χ0v) is 20.6. The maximum atomic E-state index is 12.9. The summed E-state index contributed by atoms with van der Waals surface area (Å²) < 4.78 is 0.706. The maximum Gasteiger partial charge on any atom is 0.352 e. The summed E-state index contributed by atoms with van der Waals surface area (Å²) in [6.07, 6.45) is 0. The van der Waals surface area contributed by atoms with Gasteiger partial charge in [-0.3, -0.25) is 14.5 Å². The SMILES string of the molecule is Cc1nnc(SCC2=C(C(=O)O)N3C(=O)[C@@H](NC(=O)C(NC(N)=O)c4csc(N)n4)[C@H]3SC2)s1. The number of thioether (sulfide) groups is 2. The summed E-state index contributed by atoms with van der Waals surface area (Å²) >= 11 is 5.17. The van der Waals surface area contributed by atoms with Gasteiger partial charge in [-0.05, 0) is 12.5 Å². The lowest BCUT2D eigenvalue weighted by Gasteiger charge is -2.49. The molecule has 2 aromatic heterocycles. The molecule has 0 spiro atoms. The van der Waals surface area contributed by atoms with Crippen LogP contribution in [-0.4, -0.2) is 71.9 Å². The normalized spacial score (nSPS) is 20.4. The molecule has 1 saturated heterocycles. The van der Waals surface area contributed by atoms with Crippen LogP contribution in [0.25, 0.3) is 0 Å². The van der Waals surface area contributed by atoms with Crippen molar-refractivity contribution in [3.05, 3.63) is 27.4 Å². The number of carboxylic acid groups (broad SMARTS) is 1. The first-order valence-electron chi connectivity index (χ1n) is 9.56. The Hall–Kier alpha value is -2.89. The van der Waals surface area contributed by atoms with Crippen molar-refractivity contribution in [2.75, 3.05) is 17.2 Å². The minimum absolute atomic E-state index is 0.0907. The molecule has 0 aromatic carbocycles.